The fourth-order valence-electron chi connectivity index (χ4n) is 3.17. The lowest BCUT2D eigenvalue weighted by Gasteiger charge is -2.17. The summed E-state index contributed by atoms with van der Waals surface area (Å²) in [6.45, 7) is 0. The van der Waals surface area contributed by atoms with Gasteiger partial charge in [-0.15, -0.1) is 5.10 Å². The Hall–Kier alpha value is -3.44. The van der Waals surface area contributed by atoms with Crippen LogP contribution in [-0.4, -0.2) is 14.8 Å². The van der Waals surface area contributed by atoms with Crippen LogP contribution in [0.4, 0.5) is 21.7 Å². The molecule has 0 bridgehead atoms. The van der Waals surface area contributed by atoms with Crippen molar-refractivity contribution in [3.05, 3.63) is 65.5 Å². The molecule has 0 aliphatic carbocycles. The molecule has 2 aromatic carbocycles. The van der Waals surface area contributed by atoms with Gasteiger partial charge in [-0.1, -0.05) is 30.3 Å². The normalized spacial score (nSPS) is 18.3. The molecule has 0 fully saturated rings. The minimum atomic E-state index is -1.21. The molecule has 2 unspecified atom stereocenters. The number of nitrogen functional groups attached to an aromatic ring is 1. The SMILES string of the molecule is N#Cc1ccc(N(N)c2nc3n(n2)C(c2ccccc2)CC3F)c(N)c1. The van der Waals surface area contributed by atoms with Crippen molar-refractivity contribution in [2.75, 3.05) is 10.7 Å². The average Bonchev–Trinajstić information content (AvgIpc) is 3.22. The van der Waals surface area contributed by atoms with E-state index in [9.17, 15) is 4.39 Å². The number of halogens is 1. The quantitative estimate of drug-likeness (QED) is 0.427. The molecule has 0 amide bonds. The van der Waals surface area contributed by atoms with Gasteiger partial charge in [0.25, 0.3) is 5.95 Å². The third-order valence-electron chi connectivity index (χ3n) is 4.47. The lowest BCUT2D eigenvalue weighted by atomic mass is 10.0. The Morgan fingerprint density at radius 1 is 1.23 bits per heavy atom. The molecule has 0 radical (unpaired) electrons. The van der Waals surface area contributed by atoms with Crippen LogP contribution in [-0.2, 0) is 0 Å². The molecule has 7 nitrogen and oxygen atoms in total. The first-order chi connectivity index (χ1) is 12.6. The van der Waals surface area contributed by atoms with Crippen molar-refractivity contribution in [3.63, 3.8) is 0 Å². The predicted octanol–water partition coefficient (Wildman–Crippen LogP) is 2.75. The summed E-state index contributed by atoms with van der Waals surface area (Å²) < 4.78 is 16.0. The summed E-state index contributed by atoms with van der Waals surface area (Å²) in [4.78, 5) is 4.26. The molecule has 0 saturated carbocycles. The number of aromatic nitrogens is 3. The van der Waals surface area contributed by atoms with Crippen LogP contribution in [0.5, 0.6) is 0 Å². The minimum Gasteiger partial charge on any atom is -0.397 e. The van der Waals surface area contributed by atoms with Gasteiger partial charge in [-0.2, -0.15) is 10.2 Å². The lowest BCUT2D eigenvalue weighted by molar-refractivity contribution is 0.328. The highest BCUT2D eigenvalue weighted by Crippen LogP contribution is 2.40. The molecule has 0 saturated heterocycles. The summed E-state index contributed by atoms with van der Waals surface area (Å²) in [5.74, 6) is 6.51. The highest BCUT2D eigenvalue weighted by molar-refractivity contribution is 5.72. The van der Waals surface area contributed by atoms with Crippen LogP contribution in [0.1, 0.15) is 35.6 Å². The summed E-state index contributed by atoms with van der Waals surface area (Å²) in [5.41, 5.74) is 8.11. The molecule has 4 N–H and O–H groups in total. The topological polar surface area (TPSA) is 110 Å². The van der Waals surface area contributed by atoms with Crippen molar-refractivity contribution in [1.82, 2.24) is 14.8 Å². The Morgan fingerprint density at radius 3 is 2.69 bits per heavy atom. The van der Waals surface area contributed by atoms with E-state index in [-0.39, 0.29) is 17.8 Å². The first-order valence-corrected chi connectivity index (χ1v) is 8.08. The van der Waals surface area contributed by atoms with Gasteiger partial charge in [0.1, 0.15) is 0 Å². The molecule has 1 aliphatic rings. The van der Waals surface area contributed by atoms with Crippen LogP contribution in [0.3, 0.4) is 0 Å². The smallest absolute Gasteiger partial charge is 0.264 e. The second kappa shape index (κ2) is 6.13. The maximum absolute atomic E-state index is 14.5. The van der Waals surface area contributed by atoms with Gasteiger partial charge in [0.15, 0.2) is 12.0 Å². The van der Waals surface area contributed by atoms with Crippen molar-refractivity contribution in [1.29, 1.82) is 5.26 Å². The van der Waals surface area contributed by atoms with E-state index >= 15 is 0 Å². The van der Waals surface area contributed by atoms with Crippen LogP contribution >= 0.6 is 0 Å². The molecule has 2 atom stereocenters. The first kappa shape index (κ1) is 16.1. The summed E-state index contributed by atoms with van der Waals surface area (Å²) in [7, 11) is 0. The Labute approximate surface area is 149 Å². The molecule has 8 heteroatoms. The van der Waals surface area contributed by atoms with E-state index in [1.165, 1.54) is 11.1 Å². The minimum absolute atomic E-state index is 0.152. The van der Waals surface area contributed by atoms with Gasteiger partial charge in [0.05, 0.1) is 29.0 Å². The molecule has 2 heterocycles. The summed E-state index contributed by atoms with van der Waals surface area (Å²) in [6, 6.07) is 16.1. The molecule has 1 aliphatic heterocycles. The van der Waals surface area contributed by atoms with E-state index in [1.54, 1.807) is 16.8 Å². The number of nitriles is 1. The fourth-order valence-corrected chi connectivity index (χ4v) is 3.17. The Balaban J connectivity index is 1.70. The van der Waals surface area contributed by atoms with Gasteiger partial charge >= 0.3 is 0 Å². The van der Waals surface area contributed by atoms with Crippen molar-refractivity contribution in [2.45, 2.75) is 18.6 Å². The standard InChI is InChI=1S/C18H16FN7/c19-13-9-16(12-4-2-1-3-5-12)26-17(13)23-18(24-26)25(22)15-7-6-11(10-20)8-14(15)21/h1-8,13,16H,9,21-22H2. The lowest BCUT2D eigenvalue weighted by Crippen LogP contribution is -2.27. The maximum Gasteiger partial charge on any atom is 0.264 e. The van der Waals surface area contributed by atoms with Gasteiger partial charge in [0.2, 0.25) is 0 Å². The predicted molar refractivity (Wildman–Crippen MR) is 95.0 cm³/mol. The number of fused-ring (bicyclic) bond motifs is 1. The second-order valence-corrected chi connectivity index (χ2v) is 6.10. The van der Waals surface area contributed by atoms with Gasteiger partial charge in [-0.05, 0) is 23.8 Å². The number of hydrazine groups is 1. The van der Waals surface area contributed by atoms with Crippen molar-refractivity contribution in [3.8, 4) is 6.07 Å². The van der Waals surface area contributed by atoms with Crippen molar-refractivity contribution >= 4 is 17.3 Å². The van der Waals surface area contributed by atoms with E-state index in [0.29, 0.717) is 23.4 Å². The highest BCUT2D eigenvalue weighted by Gasteiger charge is 2.36. The molecule has 4 rings (SSSR count). The fraction of sp³-hybridized carbons (Fsp3) is 0.167. The number of rotatable bonds is 3. The van der Waals surface area contributed by atoms with Crippen LogP contribution in [0.15, 0.2) is 48.5 Å². The number of benzene rings is 2. The number of nitrogens with zero attached hydrogens (tertiary/aromatic N) is 5. The zero-order chi connectivity index (χ0) is 18.3. The molecule has 1 aromatic heterocycles. The Bertz CT molecular complexity index is 993. The van der Waals surface area contributed by atoms with E-state index in [4.69, 9.17) is 16.8 Å². The van der Waals surface area contributed by atoms with Gasteiger partial charge in [-0.25, -0.2) is 19.9 Å². The first-order valence-electron chi connectivity index (χ1n) is 8.08. The van der Waals surface area contributed by atoms with Crippen molar-refractivity contribution < 1.29 is 4.39 Å². The number of hydrogen-bond donors (Lipinski definition) is 2. The van der Waals surface area contributed by atoms with Crippen LogP contribution < -0.4 is 16.6 Å². The second-order valence-electron chi connectivity index (χ2n) is 6.10. The third-order valence-corrected chi connectivity index (χ3v) is 4.47. The Morgan fingerprint density at radius 2 is 2.00 bits per heavy atom. The largest absolute Gasteiger partial charge is 0.397 e. The van der Waals surface area contributed by atoms with Crippen LogP contribution in [0.25, 0.3) is 0 Å². The van der Waals surface area contributed by atoms with Gasteiger partial charge in [0, 0.05) is 6.42 Å². The molecular weight excluding hydrogens is 333 g/mol. The van der Waals surface area contributed by atoms with Gasteiger partial charge < -0.3 is 5.73 Å². The zero-order valence-corrected chi connectivity index (χ0v) is 13.7. The monoisotopic (exact) mass is 349 g/mol. The third kappa shape index (κ3) is 2.55. The number of alkyl halides is 1. The van der Waals surface area contributed by atoms with Gasteiger partial charge in [-0.3, -0.25) is 0 Å². The number of nitrogens with two attached hydrogens (primary N) is 2. The van der Waals surface area contributed by atoms with Crippen LogP contribution in [0, 0.1) is 11.3 Å². The molecule has 0 spiro atoms. The van der Waals surface area contributed by atoms with Crippen LogP contribution in [0.2, 0.25) is 0 Å². The average molecular weight is 349 g/mol. The molecule has 3 aromatic rings. The Kier molecular flexibility index (Phi) is 3.78. The van der Waals surface area contributed by atoms with Crippen molar-refractivity contribution in [2.24, 2.45) is 5.84 Å². The molecular formula is C18H16FN7. The number of anilines is 3. The number of hydrogen-bond acceptors (Lipinski definition) is 6. The van der Waals surface area contributed by atoms with E-state index in [1.807, 2.05) is 36.4 Å². The summed E-state index contributed by atoms with van der Waals surface area (Å²) >= 11 is 0. The maximum atomic E-state index is 14.5. The van der Waals surface area contributed by atoms with E-state index < -0.39 is 6.17 Å². The zero-order valence-electron chi connectivity index (χ0n) is 13.7. The summed E-state index contributed by atoms with van der Waals surface area (Å²) in [6.07, 6.45) is -0.920. The van der Waals surface area contributed by atoms with E-state index in [2.05, 4.69) is 10.1 Å². The highest BCUT2D eigenvalue weighted by atomic mass is 19.1. The molecule has 26 heavy (non-hydrogen) atoms. The molecule has 130 valence electrons. The summed E-state index contributed by atoms with van der Waals surface area (Å²) in [5, 5.41) is 14.5. The van der Waals surface area contributed by atoms with E-state index in [0.717, 1.165) is 5.56 Å².